The van der Waals surface area contributed by atoms with Gasteiger partial charge in [0.15, 0.2) is 9.84 Å². The van der Waals surface area contributed by atoms with Gasteiger partial charge in [-0.3, -0.25) is 9.69 Å². The number of nitrogens with zero attached hydrogens (tertiary/aromatic N) is 3. The quantitative estimate of drug-likeness (QED) is 0.640. The van der Waals surface area contributed by atoms with Crippen LogP contribution in [0.15, 0.2) is 41.6 Å². The molecule has 0 saturated heterocycles. The lowest BCUT2D eigenvalue weighted by atomic mass is 9.68. The number of aromatic nitrogens is 2. The summed E-state index contributed by atoms with van der Waals surface area (Å²) in [5, 5.41) is 0.496. The third-order valence-corrected chi connectivity index (χ3v) is 9.22. The normalized spacial score (nSPS) is 19.0. The van der Waals surface area contributed by atoms with Crippen molar-refractivity contribution in [2.45, 2.75) is 63.0 Å². The minimum Gasteiger partial charge on any atom is -0.281 e. The van der Waals surface area contributed by atoms with E-state index in [0.717, 1.165) is 12.8 Å². The van der Waals surface area contributed by atoms with Crippen molar-refractivity contribution in [1.29, 1.82) is 0 Å². The van der Waals surface area contributed by atoms with E-state index in [1.165, 1.54) is 4.90 Å². The van der Waals surface area contributed by atoms with E-state index in [9.17, 15) is 13.2 Å². The molecule has 0 aliphatic heterocycles. The van der Waals surface area contributed by atoms with Crippen LogP contribution in [0.25, 0.3) is 0 Å². The number of anilines is 1. The molecule has 1 aromatic carbocycles. The molecule has 0 bridgehead atoms. The first-order chi connectivity index (χ1) is 14.4. The Morgan fingerprint density at radius 1 is 1.10 bits per heavy atom. The minimum atomic E-state index is -3.66. The maximum atomic E-state index is 13.7. The Labute approximate surface area is 189 Å². The second-order valence-corrected chi connectivity index (χ2v) is 12.6. The van der Waals surface area contributed by atoms with Crippen LogP contribution in [0.5, 0.6) is 0 Å². The number of sulfone groups is 1. The van der Waals surface area contributed by atoms with Gasteiger partial charge < -0.3 is 0 Å². The molecule has 8 heteroatoms. The van der Waals surface area contributed by atoms with E-state index in [-0.39, 0.29) is 16.2 Å². The summed E-state index contributed by atoms with van der Waals surface area (Å²) in [4.78, 5) is 23.4. The number of benzene rings is 1. The molecular weight excluding hydrogens is 434 g/mol. The SMILES string of the molecule is CCN(C(=O)C(C)(C)C)c1ncc(C2(S(=O)(=O)c3ccc(Cl)cc3)CC3(CC3)C2)cn1. The van der Waals surface area contributed by atoms with Gasteiger partial charge in [0.2, 0.25) is 11.9 Å². The summed E-state index contributed by atoms with van der Waals surface area (Å²) in [6, 6.07) is 6.33. The fourth-order valence-electron chi connectivity index (χ4n) is 4.56. The molecule has 0 unspecified atom stereocenters. The van der Waals surface area contributed by atoms with Gasteiger partial charge in [-0.15, -0.1) is 0 Å². The zero-order valence-electron chi connectivity index (χ0n) is 18.4. The molecular formula is C23H28ClN3O3S. The first-order valence-electron chi connectivity index (χ1n) is 10.6. The van der Waals surface area contributed by atoms with Gasteiger partial charge in [0.25, 0.3) is 0 Å². The Hall–Kier alpha value is -1.99. The maximum absolute atomic E-state index is 13.7. The molecule has 2 aromatic rings. The number of carbonyl (C=O) groups is 1. The maximum Gasteiger partial charge on any atom is 0.234 e. The summed E-state index contributed by atoms with van der Waals surface area (Å²) in [6.45, 7) is 7.86. The van der Waals surface area contributed by atoms with Crippen molar-refractivity contribution in [3.05, 3.63) is 47.2 Å². The molecule has 0 radical (unpaired) electrons. The van der Waals surface area contributed by atoms with E-state index >= 15 is 0 Å². The lowest BCUT2D eigenvalue weighted by molar-refractivity contribution is -0.125. The lowest BCUT2D eigenvalue weighted by Crippen LogP contribution is -2.49. The molecule has 4 rings (SSSR count). The van der Waals surface area contributed by atoms with Crippen molar-refractivity contribution in [2.24, 2.45) is 10.8 Å². The molecule has 6 nitrogen and oxygen atoms in total. The first-order valence-corrected chi connectivity index (χ1v) is 12.5. The van der Waals surface area contributed by atoms with Crippen LogP contribution in [-0.4, -0.2) is 30.8 Å². The number of carbonyl (C=O) groups excluding carboxylic acids is 1. The van der Waals surface area contributed by atoms with Gasteiger partial charge in [-0.25, -0.2) is 18.4 Å². The zero-order valence-corrected chi connectivity index (χ0v) is 19.9. The highest BCUT2D eigenvalue weighted by Crippen LogP contribution is 2.71. The van der Waals surface area contributed by atoms with E-state index in [0.29, 0.717) is 35.9 Å². The molecule has 2 saturated carbocycles. The molecule has 31 heavy (non-hydrogen) atoms. The Balaban J connectivity index is 1.71. The summed E-state index contributed by atoms with van der Waals surface area (Å²) in [6.07, 6.45) is 6.45. The van der Waals surface area contributed by atoms with Crippen molar-refractivity contribution in [3.63, 3.8) is 0 Å². The van der Waals surface area contributed by atoms with Crippen LogP contribution in [0.2, 0.25) is 5.02 Å². The van der Waals surface area contributed by atoms with Gasteiger partial charge in [-0.2, -0.15) is 0 Å². The molecule has 1 heterocycles. The van der Waals surface area contributed by atoms with Gasteiger partial charge >= 0.3 is 0 Å². The largest absolute Gasteiger partial charge is 0.281 e. The number of amides is 1. The van der Waals surface area contributed by atoms with Gasteiger partial charge in [-0.1, -0.05) is 32.4 Å². The second-order valence-electron chi connectivity index (χ2n) is 9.88. The number of hydrogen-bond acceptors (Lipinski definition) is 5. The van der Waals surface area contributed by atoms with Crippen LogP contribution < -0.4 is 4.90 Å². The molecule has 1 spiro atoms. The van der Waals surface area contributed by atoms with E-state index in [1.54, 1.807) is 36.7 Å². The molecule has 166 valence electrons. The second kappa shape index (κ2) is 7.27. The van der Waals surface area contributed by atoms with Crippen LogP contribution in [0, 0.1) is 10.8 Å². The Kier molecular flexibility index (Phi) is 5.21. The highest BCUT2D eigenvalue weighted by molar-refractivity contribution is 7.92. The van der Waals surface area contributed by atoms with Crippen LogP contribution in [0.4, 0.5) is 5.95 Å². The molecule has 0 atom stereocenters. The van der Waals surface area contributed by atoms with Gasteiger partial charge in [0.05, 0.1) is 4.90 Å². The number of rotatable bonds is 5. The average molecular weight is 462 g/mol. The first kappa shape index (κ1) is 22.2. The van der Waals surface area contributed by atoms with Crippen molar-refractivity contribution >= 4 is 33.3 Å². The topological polar surface area (TPSA) is 80.2 Å². The van der Waals surface area contributed by atoms with Crippen molar-refractivity contribution in [1.82, 2.24) is 9.97 Å². The molecule has 2 aliphatic carbocycles. The fraction of sp³-hybridized carbons (Fsp3) is 0.522. The Morgan fingerprint density at radius 2 is 1.65 bits per heavy atom. The zero-order chi connectivity index (χ0) is 22.7. The van der Waals surface area contributed by atoms with Gasteiger partial charge in [0.1, 0.15) is 4.75 Å². The lowest BCUT2D eigenvalue weighted by Gasteiger charge is -2.47. The third kappa shape index (κ3) is 3.65. The highest BCUT2D eigenvalue weighted by Gasteiger charge is 2.67. The molecule has 0 N–H and O–H groups in total. The van der Waals surface area contributed by atoms with Crippen LogP contribution in [0.1, 0.15) is 58.9 Å². The minimum absolute atomic E-state index is 0.0770. The summed E-state index contributed by atoms with van der Waals surface area (Å²) >= 11 is 5.97. The van der Waals surface area contributed by atoms with E-state index < -0.39 is 20.0 Å². The van der Waals surface area contributed by atoms with Crippen molar-refractivity contribution < 1.29 is 13.2 Å². The molecule has 1 amide bonds. The summed E-state index contributed by atoms with van der Waals surface area (Å²) in [5.74, 6) is 0.220. The van der Waals surface area contributed by atoms with Crippen molar-refractivity contribution in [3.8, 4) is 0 Å². The predicted octanol–water partition coefficient (Wildman–Crippen LogP) is 4.77. The monoisotopic (exact) mass is 461 g/mol. The fourth-order valence-corrected chi connectivity index (χ4v) is 7.04. The molecule has 2 aliphatic rings. The highest BCUT2D eigenvalue weighted by atomic mass is 35.5. The summed E-state index contributed by atoms with van der Waals surface area (Å²) in [5.41, 5.74) is 0.155. The number of hydrogen-bond donors (Lipinski definition) is 0. The average Bonchev–Trinajstić information content (AvgIpc) is 3.48. The van der Waals surface area contributed by atoms with Crippen LogP contribution in [0.3, 0.4) is 0 Å². The predicted molar refractivity (Wildman–Crippen MR) is 121 cm³/mol. The van der Waals surface area contributed by atoms with E-state index in [2.05, 4.69) is 9.97 Å². The number of halogens is 1. The van der Waals surface area contributed by atoms with E-state index in [1.807, 2.05) is 27.7 Å². The standard InChI is InChI=1S/C23H28ClN3O3S/c1-5-27(19(28)21(2,3)4)20-25-12-16(13-26-20)23(14-22(15-23)10-11-22)31(29,30)18-8-6-17(24)7-9-18/h6-9,12-13H,5,10-11,14-15H2,1-4H3. The molecule has 2 fully saturated rings. The Bertz CT molecular complexity index is 1090. The summed E-state index contributed by atoms with van der Waals surface area (Å²) < 4.78 is 26.4. The van der Waals surface area contributed by atoms with Crippen molar-refractivity contribution in [2.75, 3.05) is 11.4 Å². The third-order valence-electron chi connectivity index (χ3n) is 6.53. The van der Waals surface area contributed by atoms with Crippen LogP contribution in [-0.2, 0) is 19.4 Å². The molecule has 1 aromatic heterocycles. The van der Waals surface area contributed by atoms with E-state index in [4.69, 9.17) is 11.6 Å². The van der Waals surface area contributed by atoms with Gasteiger partial charge in [-0.05, 0) is 62.3 Å². The summed E-state index contributed by atoms with van der Waals surface area (Å²) in [7, 11) is -3.66. The van der Waals surface area contributed by atoms with Crippen LogP contribution >= 0.6 is 11.6 Å². The van der Waals surface area contributed by atoms with Gasteiger partial charge in [0, 0.05) is 34.9 Å². The smallest absolute Gasteiger partial charge is 0.234 e. The Morgan fingerprint density at radius 3 is 2.10 bits per heavy atom.